The Morgan fingerprint density at radius 2 is 2.10 bits per heavy atom. The quantitative estimate of drug-likeness (QED) is 0.878. The molecule has 1 N–H and O–H groups in total. The van der Waals surface area contributed by atoms with Gasteiger partial charge in [0.1, 0.15) is 0 Å². The number of rotatable bonds is 1. The molecule has 3 rings (SSSR count). The first kappa shape index (κ1) is 13.0. The van der Waals surface area contributed by atoms with E-state index in [4.69, 9.17) is 11.6 Å². The molecule has 20 heavy (non-hydrogen) atoms. The van der Waals surface area contributed by atoms with Gasteiger partial charge in [-0.05, 0) is 24.3 Å². The number of halogens is 1. The average Bonchev–Trinajstić information content (AvgIpc) is 2.82. The summed E-state index contributed by atoms with van der Waals surface area (Å²) in [5, 5.41) is 3.53. The summed E-state index contributed by atoms with van der Waals surface area (Å²) in [5.74, 6) is 0. The van der Waals surface area contributed by atoms with Gasteiger partial charge >= 0.3 is 6.03 Å². The molecule has 0 unspecified atom stereocenters. The number of hydrogen-bond donors (Lipinski definition) is 1. The van der Waals surface area contributed by atoms with Crippen LogP contribution >= 0.6 is 11.6 Å². The number of fused-ring (bicyclic) bond motifs is 1. The van der Waals surface area contributed by atoms with Crippen LogP contribution in [0.25, 0.3) is 0 Å². The smallest absolute Gasteiger partial charge is 0.322 e. The lowest BCUT2D eigenvalue weighted by Crippen LogP contribution is -2.39. The lowest BCUT2D eigenvalue weighted by molar-refractivity contribution is 0.204. The number of nitrogens with one attached hydrogen (secondary N) is 1. The number of urea groups is 1. The highest BCUT2D eigenvalue weighted by molar-refractivity contribution is 6.30. The number of anilines is 1. The second-order valence-corrected chi connectivity index (χ2v) is 5.29. The van der Waals surface area contributed by atoms with E-state index in [-0.39, 0.29) is 6.03 Å². The standard InChI is InChI=1S/C14H15ClN4O/c1-18-9-16-12-6-7-19(8-13(12)18)14(20)17-11-4-2-10(15)3-5-11/h2-5,9H,6-8H2,1H3,(H,17,20). The fraction of sp³-hybridized carbons (Fsp3) is 0.286. The number of benzene rings is 1. The number of amides is 2. The van der Waals surface area contributed by atoms with E-state index in [9.17, 15) is 4.79 Å². The summed E-state index contributed by atoms with van der Waals surface area (Å²) in [6, 6.07) is 7.00. The SMILES string of the molecule is Cn1cnc2c1CN(C(=O)Nc1ccc(Cl)cc1)CC2. The van der Waals surface area contributed by atoms with Crippen molar-refractivity contribution in [3.05, 3.63) is 47.0 Å². The second-order valence-electron chi connectivity index (χ2n) is 4.86. The largest absolute Gasteiger partial charge is 0.336 e. The summed E-state index contributed by atoms with van der Waals surface area (Å²) in [4.78, 5) is 18.4. The molecule has 0 saturated carbocycles. The van der Waals surface area contributed by atoms with Gasteiger partial charge in [-0.2, -0.15) is 0 Å². The Labute approximate surface area is 122 Å². The third kappa shape index (κ3) is 2.49. The van der Waals surface area contributed by atoms with Crippen LogP contribution < -0.4 is 5.32 Å². The average molecular weight is 291 g/mol. The molecule has 0 saturated heterocycles. The highest BCUT2D eigenvalue weighted by Gasteiger charge is 2.23. The molecule has 0 radical (unpaired) electrons. The van der Waals surface area contributed by atoms with Gasteiger partial charge in [0.05, 0.1) is 24.3 Å². The Kier molecular flexibility index (Phi) is 3.36. The maximum atomic E-state index is 12.2. The molecule has 0 spiro atoms. The van der Waals surface area contributed by atoms with Crippen molar-refractivity contribution in [2.24, 2.45) is 7.05 Å². The molecule has 0 bridgehead atoms. The molecule has 2 aromatic rings. The molecule has 1 aromatic carbocycles. The minimum Gasteiger partial charge on any atom is -0.336 e. The topological polar surface area (TPSA) is 50.2 Å². The third-order valence-electron chi connectivity index (χ3n) is 3.49. The Bertz CT molecular complexity index is 635. The molecule has 6 heteroatoms. The van der Waals surface area contributed by atoms with Gasteiger partial charge in [-0.3, -0.25) is 0 Å². The molecule has 1 aromatic heterocycles. The first-order valence-electron chi connectivity index (χ1n) is 6.44. The molecule has 2 amide bonds. The van der Waals surface area contributed by atoms with E-state index in [1.165, 1.54) is 0 Å². The van der Waals surface area contributed by atoms with Crippen LogP contribution in [0.1, 0.15) is 11.4 Å². The second kappa shape index (κ2) is 5.17. The number of nitrogens with zero attached hydrogens (tertiary/aromatic N) is 3. The molecule has 0 aliphatic carbocycles. The summed E-state index contributed by atoms with van der Waals surface area (Å²) in [5.41, 5.74) is 2.93. The van der Waals surface area contributed by atoms with Crippen LogP contribution in [0.2, 0.25) is 5.02 Å². The summed E-state index contributed by atoms with van der Waals surface area (Å²) in [7, 11) is 1.95. The number of carbonyl (C=O) groups is 1. The molecule has 2 heterocycles. The molecule has 1 aliphatic heterocycles. The van der Waals surface area contributed by atoms with Crippen molar-refractivity contribution in [1.82, 2.24) is 14.5 Å². The lowest BCUT2D eigenvalue weighted by Gasteiger charge is -2.27. The van der Waals surface area contributed by atoms with E-state index in [1.54, 1.807) is 35.5 Å². The van der Waals surface area contributed by atoms with Gasteiger partial charge in [-0.25, -0.2) is 9.78 Å². The first-order chi connectivity index (χ1) is 9.63. The van der Waals surface area contributed by atoms with Gasteiger partial charge in [0.2, 0.25) is 0 Å². The van der Waals surface area contributed by atoms with Gasteiger partial charge in [-0.15, -0.1) is 0 Å². The van der Waals surface area contributed by atoms with Crippen molar-refractivity contribution < 1.29 is 4.79 Å². The monoisotopic (exact) mass is 290 g/mol. The van der Waals surface area contributed by atoms with E-state index in [0.29, 0.717) is 18.1 Å². The zero-order chi connectivity index (χ0) is 14.1. The van der Waals surface area contributed by atoms with E-state index in [0.717, 1.165) is 23.5 Å². The number of carbonyl (C=O) groups excluding carboxylic acids is 1. The highest BCUT2D eigenvalue weighted by atomic mass is 35.5. The number of aryl methyl sites for hydroxylation is 1. The van der Waals surface area contributed by atoms with Crippen LogP contribution in [0.4, 0.5) is 10.5 Å². The molecule has 1 aliphatic rings. The molecule has 104 valence electrons. The maximum absolute atomic E-state index is 12.2. The zero-order valence-electron chi connectivity index (χ0n) is 11.1. The van der Waals surface area contributed by atoms with Gasteiger partial charge in [-0.1, -0.05) is 11.6 Å². The Morgan fingerprint density at radius 3 is 2.85 bits per heavy atom. The van der Waals surface area contributed by atoms with E-state index >= 15 is 0 Å². The zero-order valence-corrected chi connectivity index (χ0v) is 11.9. The van der Waals surface area contributed by atoms with Crippen molar-refractivity contribution in [2.45, 2.75) is 13.0 Å². The Balaban J connectivity index is 1.70. The van der Waals surface area contributed by atoms with E-state index in [1.807, 2.05) is 11.6 Å². The van der Waals surface area contributed by atoms with Crippen molar-refractivity contribution in [3.8, 4) is 0 Å². The Morgan fingerprint density at radius 1 is 1.35 bits per heavy atom. The molecular weight excluding hydrogens is 276 g/mol. The van der Waals surface area contributed by atoms with Gasteiger partial charge in [0.15, 0.2) is 0 Å². The minimum absolute atomic E-state index is 0.0980. The number of hydrogen-bond acceptors (Lipinski definition) is 2. The van der Waals surface area contributed by atoms with Gasteiger partial charge in [0, 0.05) is 30.7 Å². The van der Waals surface area contributed by atoms with Crippen LogP contribution in [0.3, 0.4) is 0 Å². The fourth-order valence-corrected chi connectivity index (χ4v) is 2.45. The van der Waals surface area contributed by atoms with Crippen LogP contribution in [-0.2, 0) is 20.0 Å². The van der Waals surface area contributed by atoms with Crippen LogP contribution in [0, 0.1) is 0 Å². The fourth-order valence-electron chi connectivity index (χ4n) is 2.33. The van der Waals surface area contributed by atoms with Crippen molar-refractivity contribution in [1.29, 1.82) is 0 Å². The maximum Gasteiger partial charge on any atom is 0.322 e. The highest BCUT2D eigenvalue weighted by Crippen LogP contribution is 2.19. The molecular formula is C14H15ClN4O. The normalized spacial score (nSPS) is 14.0. The van der Waals surface area contributed by atoms with E-state index in [2.05, 4.69) is 10.3 Å². The molecule has 0 fully saturated rings. The van der Waals surface area contributed by atoms with Gasteiger partial charge in [0.25, 0.3) is 0 Å². The summed E-state index contributed by atoms with van der Waals surface area (Å²) < 4.78 is 1.97. The predicted octanol–water partition coefficient (Wildman–Crippen LogP) is 2.66. The van der Waals surface area contributed by atoms with Crippen molar-refractivity contribution >= 4 is 23.3 Å². The van der Waals surface area contributed by atoms with E-state index < -0.39 is 0 Å². The Hall–Kier alpha value is -2.01. The van der Waals surface area contributed by atoms with Crippen LogP contribution in [0.5, 0.6) is 0 Å². The first-order valence-corrected chi connectivity index (χ1v) is 6.82. The van der Waals surface area contributed by atoms with Crippen molar-refractivity contribution in [3.63, 3.8) is 0 Å². The molecule has 0 atom stereocenters. The summed E-state index contributed by atoms with van der Waals surface area (Å²) >= 11 is 5.83. The van der Waals surface area contributed by atoms with Crippen LogP contribution in [-0.4, -0.2) is 27.0 Å². The molecule has 5 nitrogen and oxygen atoms in total. The third-order valence-corrected chi connectivity index (χ3v) is 3.74. The minimum atomic E-state index is -0.0980. The van der Waals surface area contributed by atoms with Gasteiger partial charge < -0.3 is 14.8 Å². The summed E-state index contributed by atoms with van der Waals surface area (Å²) in [6.07, 6.45) is 2.59. The number of imidazole rings is 1. The van der Waals surface area contributed by atoms with Crippen LogP contribution in [0.15, 0.2) is 30.6 Å². The van der Waals surface area contributed by atoms with Crippen molar-refractivity contribution in [2.75, 3.05) is 11.9 Å². The lowest BCUT2D eigenvalue weighted by atomic mass is 10.1. The predicted molar refractivity (Wildman–Crippen MR) is 77.8 cm³/mol. The summed E-state index contributed by atoms with van der Waals surface area (Å²) in [6.45, 7) is 1.27. The number of aromatic nitrogens is 2.